The minimum absolute atomic E-state index is 0.562. The number of benzene rings is 2. The van der Waals surface area contributed by atoms with Crippen molar-refractivity contribution in [3.63, 3.8) is 0 Å². The van der Waals surface area contributed by atoms with E-state index in [-0.39, 0.29) is 0 Å². The Hall–Kier alpha value is -2.39. The number of nitrogens with zero attached hydrogens (tertiary/aromatic N) is 1. The van der Waals surface area contributed by atoms with Crippen LogP contribution in [0.2, 0.25) is 0 Å². The number of hydrogen-bond donors (Lipinski definition) is 2. The van der Waals surface area contributed by atoms with E-state index < -0.39 is 0 Å². The summed E-state index contributed by atoms with van der Waals surface area (Å²) in [6.45, 7) is 2.67. The molecule has 2 aromatic carbocycles. The molecule has 3 aromatic rings. The lowest BCUT2D eigenvalue weighted by Gasteiger charge is -2.02. The standard InChI is InChI=1S/C17H17N3/c1-12-4-2-3-5-15(12)16-11-19-17(20-16)14-8-6-13(10-18)7-9-14/h2-9,11H,10,18H2,1H3,(H,19,20). The number of aryl methyl sites for hydroxylation is 1. The largest absolute Gasteiger partial charge is 0.338 e. The summed E-state index contributed by atoms with van der Waals surface area (Å²) < 4.78 is 0. The lowest BCUT2D eigenvalue weighted by molar-refractivity contribution is 1.07. The molecule has 0 atom stereocenters. The van der Waals surface area contributed by atoms with Gasteiger partial charge in [0.25, 0.3) is 0 Å². The van der Waals surface area contributed by atoms with Gasteiger partial charge in [-0.3, -0.25) is 0 Å². The topological polar surface area (TPSA) is 54.7 Å². The lowest BCUT2D eigenvalue weighted by Crippen LogP contribution is -1.95. The van der Waals surface area contributed by atoms with Gasteiger partial charge in [-0.25, -0.2) is 4.98 Å². The summed E-state index contributed by atoms with van der Waals surface area (Å²) in [5.41, 5.74) is 11.3. The molecule has 0 aliphatic heterocycles. The van der Waals surface area contributed by atoms with E-state index in [0.717, 1.165) is 22.6 Å². The maximum atomic E-state index is 5.61. The van der Waals surface area contributed by atoms with Crippen LogP contribution in [0.4, 0.5) is 0 Å². The molecule has 0 aliphatic carbocycles. The fraction of sp³-hybridized carbons (Fsp3) is 0.118. The molecule has 0 fully saturated rings. The highest BCUT2D eigenvalue weighted by molar-refractivity contribution is 5.67. The number of imidazole rings is 1. The van der Waals surface area contributed by atoms with Gasteiger partial charge in [0.15, 0.2) is 0 Å². The van der Waals surface area contributed by atoms with Gasteiger partial charge in [0.05, 0.1) is 11.9 Å². The van der Waals surface area contributed by atoms with Crippen LogP contribution in [0.15, 0.2) is 54.7 Å². The molecule has 0 unspecified atom stereocenters. The minimum Gasteiger partial charge on any atom is -0.338 e. The van der Waals surface area contributed by atoms with Gasteiger partial charge in [0.1, 0.15) is 5.82 Å². The highest BCUT2D eigenvalue weighted by atomic mass is 14.9. The Balaban J connectivity index is 1.95. The molecule has 0 aliphatic rings. The molecule has 1 heterocycles. The first kappa shape index (κ1) is 12.6. The predicted molar refractivity (Wildman–Crippen MR) is 82.1 cm³/mol. The second kappa shape index (κ2) is 5.31. The molecule has 1 aromatic heterocycles. The van der Waals surface area contributed by atoms with E-state index in [1.165, 1.54) is 11.1 Å². The van der Waals surface area contributed by atoms with Gasteiger partial charge in [-0.2, -0.15) is 0 Å². The van der Waals surface area contributed by atoms with Gasteiger partial charge >= 0.3 is 0 Å². The first-order chi connectivity index (χ1) is 9.78. The summed E-state index contributed by atoms with van der Waals surface area (Å²) in [4.78, 5) is 7.85. The van der Waals surface area contributed by atoms with E-state index in [1.54, 1.807) is 0 Å². The molecule has 0 amide bonds. The number of H-pyrrole nitrogens is 1. The number of aromatic nitrogens is 2. The van der Waals surface area contributed by atoms with Crippen molar-refractivity contribution in [2.45, 2.75) is 13.5 Å². The van der Waals surface area contributed by atoms with Gasteiger partial charge in [-0.15, -0.1) is 0 Å². The molecular weight excluding hydrogens is 246 g/mol. The maximum Gasteiger partial charge on any atom is 0.137 e. The fourth-order valence-electron chi connectivity index (χ4n) is 2.28. The predicted octanol–water partition coefficient (Wildman–Crippen LogP) is 3.51. The van der Waals surface area contributed by atoms with Crippen LogP contribution in [0.1, 0.15) is 11.1 Å². The molecule has 3 rings (SSSR count). The monoisotopic (exact) mass is 263 g/mol. The van der Waals surface area contributed by atoms with Crippen LogP contribution in [-0.4, -0.2) is 9.97 Å². The zero-order valence-electron chi connectivity index (χ0n) is 11.4. The first-order valence-electron chi connectivity index (χ1n) is 6.68. The normalized spacial score (nSPS) is 10.7. The third kappa shape index (κ3) is 2.36. The minimum atomic E-state index is 0.562. The van der Waals surface area contributed by atoms with Crippen LogP contribution in [0, 0.1) is 6.92 Å². The van der Waals surface area contributed by atoms with Crippen molar-refractivity contribution in [1.29, 1.82) is 0 Å². The van der Waals surface area contributed by atoms with Crippen LogP contribution in [-0.2, 0) is 6.54 Å². The number of aromatic amines is 1. The average Bonchev–Trinajstić information content (AvgIpc) is 2.97. The Morgan fingerprint density at radius 3 is 2.50 bits per heavy atom. The number of hydrogen-bond acceptors (Lipinski definition) is 2. The molecule has 0 spiro atoms. The zero-order chi connectivity index (χ0) is 13.9. The summed E-state index contributed by atoms with van der Waals surface area (Å²) >= 11 is 0. The zero-order valence-corrected chi connectivity index (χ0v) is 11.4. The Morgan fingerprint density at radius 2 is 1.80 bits per heavy atom. The third-order valence-corrected chi connectivity index (χ3v) is 3.47. The Kier molecular flexibility index (Phi) is 3.35. The van der Waals surface area contributed by atoms with Crippen LogP contribution >= 0.6 is 0 Å². The van der Waals surface area contributed by atoms with Crippen molar-refractivity contribution in [1.82, 2.24) is 9.97 Å². The highest BCUT2D eigenvalue weighted by Crippen LogP contribution is 2.24. The smallest absolute Gasteiger partial charge is 0.137 e. The van der Waals surface area contributed by atoms with E-state index >= 15 is 0 Å². The van der Waals surface area contributed by atoms with Crippen molar-refractivity contribution in [3.05, 3.63) is 65.9 Å². The summed E-state index contributed by atoms with van der Waals surface area (Å²) in [6.07, 6.45) is 1.88. The van der Waals surface area contributed by atoms with Crippen LogP contribution in [0.5, 0.6) is 0 Å². The number of nitrogens with one attached hydrogen (secondary N) is 1. The van der Waals surface area contributed by atoms with Gasteiger partial charge < -0.3 is 10.7 Å². The van der Waals surface area contributed by atoms with E-state index in [4.69, 9.17) is 5.73 Å². The Bertz CT molecular complexity index is 711. The quantitative estimate of drug-likeness (QED) is 0.759. The van der Waals surface area contributed by atoms with Crippen molar-refractivity contribution >= 4 is 0 Å². The second-order valence-corrected chi connectivity index (χ2v) is 4.86. The van der Waals surface area contributed by atoms with Gasteiger partial charge in [-0.1, -0.05) is 48.5 Å². The average molecular weight is 263 g/mol. The molecule has 3 N–H and O–H groups in total. The molecule has 0 radical (unpaired) electrons. The molecular formula is C17H17N3. The van der Waals surface area contributed by atoms with Gasteiger partial charge in [0, 0.05) is 17.7 Å². The number of rotatable bonds is 3. The first-order valence-corrected chi connectivity index (χ1v) is 6.68. The SMILES string of the molecule is Cc1ccccc1-c1cnc(-c2ccc(CN)cc2)[nH]1. The van der Waals surface area contributed by atoms with Crippen molar-refractivity contribution in [3.8, 4) is 22.6 Å². The molecule has 20 heavy (non-hydrogen) atoms. The molecule has 0 bridgehead atoms. The van der Waals surface area contributed by atoms with Crippen LogP contribution in [0.25, 0.3) is 22.6 Å². The Labute approximate surface area is 118 Å². The molecule has 0 saturated carbocycles. The highest BCUT2D eigenvalue weighted by Gasteiger charge is 2.07. The summed E-state index contributed by atoms with van der Waals surface area (Å²) in [6, 6.07) is 16.4. The van der Waals surface area contributed by atoms with E-state index in [2.05, 4.69) is 29.0 Å². The fourth-order valence-corrected chi connectivity index (χ4v) is 2.28. The Morgan fingerprint density at radius 1 is 1.05 bits per heavy atom. The molecule has 0 saturated heterocycles. The third-order valence-electron chi connectivity index (χ3n) is 3.47. The van der Waals surface area contributed by atoms with Crippen molar-refractivity contribution < 1.29 is 0 Å². The van der Waals surface area contributed by atoms with Crippen LogP contribution in [0.3, 0.4) is 0 Å². The van der Waals surface area contributed by atoms with Gasteiger partial charge in [0.2, 0.25) is 0 Å². The van der Waals surface area contributed by atoms with Crippen LogP contribution < -0.4 is 5.73 Å². The summed E-state index contributed by atoms with van der Waals surface area (Å²) in [5, 5.41) is 0. The van der Waals surface area contributed by atoms with Crippen molar-refractivity contribution in [2.75, 3.05) is 0 Å². The van der Waals surface area contributed by atoms with Crippen molar-refractivity contribution in [2.24, 2.45) is 5.73 Å². The molecule has 100 valence electrons. The number of nitrogens with two attached hydrogens (primary N) is 1. The van der Waals surface area contributed by atoms with Gasteiger partial charge in [-0.05, 0) is 18.1 Å². The second-order valence-electron chi connectivity index (χ2n) is 4.86. The molecule has 3 nitrogen and oxygen atoms in total. The van der Waals surface area contributed by atoms with E-state index in [1.807, 2.05) is 42.6 Å². The lowest BCUT2D eigenvalue weighted by atomic mass is 10.1. The summed E-state index contributed by atoms with van der Waals surface area (Å²) in [7, 11) is 0. The maximum absolute atomic E-state index is 5.61. The molecule has 3 heteroatoms. The van der Waals surface area contributed by atoms with E-state index in [9.17, 15) is 0 Å². The summed E-state index contributed by atoms with van der Waals surface area (Å²) in [5.74, 6) is 0.881. The van der Waals surface area contributed by atoms with E-state index in [0.29, 0.717) is 6.54 Å².